The Morgan fingerprint density at radius 2 is 1.80 bits per heavy atom. The molecular weight excluding hydrogens is 337 g/mol. The van der Waals surface area contributed by atoms with Crippen molar-refractivity contribution in [2.24, 2.45) is 0 Å². The van der Waals surface area contributed by atoms with Gasteiger partial charge in [-0.1, -0.05) is 17.3 Å². The molecule has 3 rings (SSSR count). The van der Waals surface area contributed by atoms with Gasteiger partial charge in [-0.2, -0.15) is 0 Å². The number of carbonyl (C=O) groups is 1. The Bertz CT molecular complexity index is 997. The van der Waals surface area contributed by atoms with Crippen molar-refractivity contribution in [3.8, 4) is 0 Å². The third-order valence-corrected chi connectivity index (χ3v) is 3.45. The van der Waals surface area contributed by atoms with Gasteiger partial charge in [-0.3, -0.25) is 9.59 Å². The van der Waals surface area contributed by atoms with Gasteiger partial charge in [0.15, 0.2) is 17.5 Å². The number of hydrogen-bond acceptors (Lipinski definition) is 4. The fraction of sp³-hybridized carbons (Fsp3) is 0.125. The molecule has 0 atom stereocenters. The van der Waals surface area contributed by atoms with Crippen LogP contribution in [0, 0.1) is 17.5 Å². The maximum atomic E-state index is 13.1. The Balaban J connectivity index is 1.71. The molecule has 6 nitrogen and oxygen atoms in total. The van der Waals surface area contributed by atoms with Gasteiger partial charge >= 0.3 is 0 Å². The molecule has 1 N–H and O–H groups in total. The summed E-state index contributed by atoms with van der Waals surface area (Å²) in [6.45, 7) is -0.0747. The van der Waals surface area contributed by atoms with Crippen LogP contribution >= 0.6 is 0 Å². The summed E-state index contributed by atoms with van der Waals surface area (Å²) < 4.78 is 40.1. The molecule has 0 aliphatic heterocycles. The lowest BCUT2D eigenvalue weighted by atomic mass is 10.2. The van der Waals surface area contributed by atoms with Gasteiger partial charge in [0.1, 0.15) is 5.52 Å². The summed E-state index contributed by atoms with van der Waals surface area (Å²) >= 11 is 0. The molecule has 0 saturated heterocycles. The molecule has 0 fully saturated rings. The number of fused-ring (bicyclic) bond motifs is 1. The van der Waals surface area contributed by atoms with Gasteiger partial charge in [0.2, 0.25) is 5.91 Å². The highest BCUT2D eigenvalue weighted by atomic mass is 19.2. The first-order chi connectivity index (χ1) is 12.0. The van der Waals surface area contributed by atoms with E-state index in [1.54, 1.807) is 24.3 Å². The highest BCUT2D eigenvalue weighted by molar-refractivity contribution is 5.90. The van der Waals surface area contributed by atoms with E-state index in [2.05, 4.69) is 15.6 Å². The number of benzene rings is 2. The molecule has 0 spiro atoms. The summed E-state index contributed by atoms with van der Waals surface area (Å²) in [5, 5.41) is 10.2. The highest BCUT2D eigenvalue weighted by Crippen LogP contribution is 2.17. The molecule has 0 aliphatic carbocycles. The molecule has 0 bridgehead atoms. The zero-order valence-electron chi connectivity index (χ0n) is 12.7. The van der Waals surface area contributed by atoms with E-state index in [1.807, 2.05) is 0 Å². The van der Waals surface area contributed by atoms with E-state index in [0.717, 1.165) is 4.68 Å². The molecule has 1 amide bonds. The third-order valence-electron chi connectivity index (χ3n) is 3.45. The summed E-state index contributed by atoms with van der Waals surface area (Å²) in [6, 6.07) is 7.96. The summed E-state index contributed by atoms with van der Waals surface area (Å²) in [6.07, 6.45) is -0.187. The SMILES string of the molecule is O=C(CCn1nnc2ccccc2c1=O)Nc1cc(F)c(F)c(F)c1. The number of nitrogens with one attached hydrogen (secondary N) is 1. The van der Waals surface area contributed by atoms with Gasteiger partial charge in [-0.05, 0) is 12.1 Å². The Morgan fingerprint density at radius 1 is 1.12 bits per heavy atom. The summed E-state index contributed by atoms with van der Waals surface area (Å²) in [4.78, 5) is 24.1. The van der Waals surface area contributed by atoms with Gasteiger partial charge in [-0.15, -0.1) is 5.10 Å². The van der Waals surface area contributed by atoms with Crippen LogP contribution < -0.4 is 10.9 Å². The molecule has 1 heterocycles. The maximum absolute atomic E-state index is 13.1. The summed E-state index contributed by atoms with van der Waals surface area (Å²) in [5.74, 6) is -5.05. The predicted molar refractivity (Wildman–Crippen MR) is 83.4 cm³/mol. The Labute approximate surface area is 138 Å². The molecule has 0 aliphatic rings. The van der Waals surface area contributed by atoms with Crippen LogP contribution in [0.15, 0.2) is 41.2 Å². The van der Waals surface area contributed by atoms with Crippen molar-refractivity contribution in [2.45, 2.75) is 13.0 Å². The molecule has 9 heteroatoms. The monoisotopic (exact) mass is 348 g/mol. The van der Waals surface area contributed by atoms with E-state index in [-0.39, 0.29) is 18.7 Å². The van der Waals surface area contributed by atoms with Crippen molar-refractivity contribution in [1.82, 2.24) is 15.0 Å². The quantitative estimate of drug-likeness (QED) is 0.734. The van der Waals surface area contributed by atoms with Crippen LogP contribution in [0.3, 0.4) is 0 Å². The second kappa shape index (κ2) is 6.71. The van der Waals surface area contributed by atoms with Crippen molar-refractivity contribution in [2.75, 3.05) is 5.32 Å². The second-order valence-corrected chi connectivity index (χ2v) is 5.19. The van der Waals surface area contributed by atoms with Crippen LogP contribution in [0.2, 0.25) is 0 Å². The van der Waals surface area contributed by atoms with Gasteiger partial charge < -0.3 is 5.32 Å². The standard InChI is InChI=1S/C16H11F3N4O2/c17-11-7-9(8-12(18)15(11)19)20-14(24)5-6-23-16(25)10-3-1-2-4-13(10)21-22-23/h1-4,7-8H,5-6H2,(H,20,24). The first-order valence-corrected chi connectivity index (χ1v) is 7.22. The Kier molecular flexibility index (Phi) is 4.46. The molecule has 0 radical (unpaired) electrons. The molecular formula is C16H11F3N4O2. The van der Waals surface area contributed by atoms with Gasteiger partial charge in [0.05, 0.1) is 11.9 Å². The van der Waals surface area contributed by atoms with E-state index < -0.39 is 28.9 Å². The lowest BCUT2D eigenvalue weighted by molar-refractivity contribution is -0.116. The molecule has 3 aromatic rings. The highest BCUT2D eigenvalue weighted by Gasteiger charge is 2.13. The fourth-order valence-electron chi connectivity index (χ4n) is 2.23. The average molecular weight is 348 g/mol. The minimum Gasteiger partial charge on any atom is -0.326 e. The molecule has 2 aromatic carbocycles. The van der Waals surface area contributed by atoms with E-state index in [4.69, 9.17) is 0 Å². The molecule has 128 valence electrons. The lowest BCUT2D eigenvalue weighted by Gasteiger charge is -2.07. The number of anilines is 1. The smallest absolute Gasteiger partial charge is 0.277 e. The minimum atomic E-state index is -1.61. The number of amides is 1. The zero-order valence-corrected chi connectivity index (χ0v) is 12.7. The van der Waals surface area contributed by atoms with Crippen LogP contribution in [-0.2, 0) is 11.3 Å². The van der Waals surface area contributed by atoms with Crippen molar-refractivity contribution in [3.05, 3.63) is 64.2 Å². The number of aromatic nitrogens is 3. The zero-order chi connectivity index (χ0) is 18.0. The maximum Gasteiger partial charge on any atom is 0.277 e. The third kappa shape index (κ3) is 3.49. The Morgan fingerprint density at radius 3 is 2.52 bits per heavy atom. The van der Waals surface area contributed by atoms with Crippen LogP contribution in [0.25, 0.3) is 10.9 Å². The van der Waals surface area contributed by atoms with Crippen LogP contribution in [0.1, 0.15) is 6.42 Å². The van der Waals surface area contributed by atoms with Crippen LogP contribution in [-0.4, -0.2) is 20.9 Å². The fourth-order valence-corrected chi connectivity index (χ4v) is 2.23. The Hall–Kier alpha value is -3.23. The van der Waals surface area contributed by atoms with Gasteiger partial charge in [-0.25, -0.2) is 17.9 Å². The molecule has 1 aromatic heterocycles. The average Bonchev–Trinajstić information content (AvgIpc) is 2.59. The van der Waals surface area contributed by atoms with Gasteiger partial charge in [0, 0.05) is 24.2 Å². The van der Waals surface area contributed by atoms with Crippen molar-refractivity contribution in [1.29, 1.82) is 0 Å². The number of aryl methyl sites for hydroxylation is 1. The van der Waals surface area contributed by atoms with Crippen molar-refractivity contribution in [3.63, 3.8) is 0 Å². The van der Waals surface area contributed by atoms with Gasteiger partial charge in [0.25, 0.3) is 5.56 Å². The lowest BCUT2D eigenvalue weighted by Crippen LogP contribution is -2.26. The van der Waals surface area contributed by atoms with Crippen LogP contribution in [0.5, 0.6) is 0 Å². The largest absolute Gasteiger partial charge is 0.326 e. The van der Waals surface area contributed by atoms with E-state index in [9.17, 15) is 22.8 Å². The number of carbonyl (C=O) groups excluding carboxylic acids is 1. The van der Waals surface area contributed by atoms with Crippen molar-refractivity contribution >= 4 is 22.5 Å². The molecule has 0 unspecified atom stereocenters. The van der Waals surface area contributed by atoms with E-state index in [0.29, 0.717) is 23.0 Å². The second-order valence-electron chi connectivity index (χ2n) is 5.19. The first-order valence-electron chi connectivity index (χ1n) is 7.22. The first kappa shape index (κ1) is 16.6. The van der Waals surface area contributed by atoms with E-state index in [1.165, 1.54) is 0 Å². The molecule has 25 heavy (non-hydrogen) atoms. The predicted octanol–water partition coefficient (Wildman–Crippen LogP) is 2.24. The number of rotatable bonds is 4. The normalized spacial score (nSPS) is 10.8. The topological polar surface area (TPSA) is 76.9 Å². The number of nitrogens with zero attached hydrogens (tertiary/aromatic N) is 3. The van der Waals surface area contributed by atoms with Crippen LogP contribution in [0.4, 0.5) is 18.9 Å². The minimum absolute atomic E-state index is 0.0747. The summed E-state index contributed by atoms with van der Waals surface area (Å²) in [5.41, 5.74) is -0.193. The van der Waals surface area contributed by atoms with Crippen molar-refractivity contribution < 1.29 is 18.0 Å². The molecule has 0 saturated carbocycles. The number of hydrogen-bond donors (Lipinski definition) is 1. The number of halogens is 3. The van der Waals surface area contributed by atoms with E-state index >= 15 is 0 Å². The summed E-state index contributed by atoms with van der Waals surface area (Å²) in [7, 11) is 0.